The number of hydrogen-bond donors (Lipinski definition) is 1. The van der Waals surface area contributed by atoms with Gasteiger partial charge < -0.3 is 4.57 Å². The highest BCUT2D eigenvalue weighted by Crippen LogP contribution is 2.19. The first-order valence-corrected chi connectivity index (χ1v) is 6.95. The minimum absolute atomic E-state index is 0.190. The number of aryl methyl sites for hydroxylation is 1. The molecular formula is C10H10N4OS2. The van der Waals surface area contributed by atoms with Crippen LogP contribution < -0.4 is 5.56 Å². The zero-order valence-electron chi connectivity index (χ0n) is 9.35. The van der Waals surface area contributed by atoms with Crippen molar-refractivity contribution in [1.82, 2.24) is 19.5 Å². The van der Waals surface area contributed by atoms with E-state index < -0.39 is 0 Å². The predicted molar refractivity (Wildman–Crippen MR) is 70.5 cm³/mol. The second-order valence-electron chi connectivity index (χ2n) is 3.19. The molecule has 5 nitrogen and oxygen atoms in total. The Balaban J connectivity index is 2.59. The van der Waals surface area contributed by atoms with Crippen LogP contribution in [-0.4, -0.2) is 31.5 Å². The lowest BCUT2D eigenvalue weighted by molar-refractivity contribution is 0.812. The van der Waals surface area contributed by atoms with Gasteiger partial charge in [-0.25, -0.2) is 9.97 Å². The topological polar surface area (TPSA) is 63.6 Å². The van der Waals surface area contributed by atoms with Gasteiger partial charge in [0.25, 0.3) is 5.56 Å². The molecule has 7 heteroatoms. The maximum Gasteiger partial charge on any atom is 0.277 e. The molecule has 0 saturated carbocycles. The normalized spacial score (nSPS) is 10.6. The number of rotatable bonds is 3. The third-order valence-corrected chi connectivity index (χ3v) is 3.66. The van der Waals surface area contributed by atoms with E-state index in [1.807, 2.05) is 6.26 Å². The van der Waals surface area contributed by atoms with Gasteiger partial charge in [-0.1, -0.05) is 29.4 Å². The molecule has 0 aliphatic rings. The van der Waals surface area contributed by atoms with E-state index in [1.54, 1.807) is 11.6 Å². The average Bonchev–Trinajstić information content (AvgIpc) is 2.63. The molecule has 2 aromatic rings. The Hall–Kier alpha value is -1.39. The van der Waals surface area contributed by atoms with Crippen LogP contribution in [-0.2, 0) is 7.05 Å². The summed E-state index contributed by atoms with van der Waals surface area (Å²) >= 11 is 2.79. The Bertz CT molecular complexity index is 653. The number of aromatic amines is 1. The van der Waals surface area contributed by atoms with E-state index in [-0.39, 0.29) is 5.56 Å². The summed E-state index contributed by atoms with van der Waals surface area (Å²) in [7, 11) is 1.80. The van der Waals surface area contributed by atoms with Crippen LogP contribution in [0.2, 0.25) is 0 Å². The zero-order valence-corrected chi connectivity index (χ0v) is 11.0. The molecule has 0 aromatic carbocycles. The van der Waals surface area contributed by atoms with Gasteiger partial charge in [0.05, 0.1) is 5.75 Å². The van der Waals surface area contributed by atoms with Crippen molar-refractivity contribution in [3.63, 3.8) is 0 Å². The number of thioether (sulfide) groups is 2. The number of nitrogens with one attached hydrogen (secondary N) is 1. The largest absolute Gasteiger partial charge is 0.316 e. The Kier molecular flexibility index (Phi) is 3.45. The standard InChI is InChI=1S/C10H10N4OS2/c1-4-5-17-9-11-7-6(8(15)13-9)14(2)10(12-7)16-3/h1H,5H2,2-3H3,(H,11,13,15). The molecule has 0 unspecified atom stereocenters. The van der Waals surface area contributed by atoms with Crippen molar-refractivity contribution in [3.8, 4) is 12.3 Å². The molecule has 2 aromatic heterocycles. The van der Waals surface area contributed by atoms with Gasteiger partial charge in [0.2, 0.25) is 0 Å². The Labute approximate surface area is 106 Å². The molecule has 0 spiro atoms. The van der Waals surface area contributed by atoms with Crippen LogP contribution in [0.4, 0.5) is 0 Å². The highest BCUT2D eigenvalue weighted by Gasteiger charge is 2.12. The van der Waals surface area contributed by atoms with Gasteiger partial charge >= 0.3 is 0 Å². The molecule has 1 N–H and O–H groups in total. The van der Waals surface area contributed by atoms with E-state index in [1.165, 1.54) is 23.5 Å². The summed E-state index contributed by atoms with van der Waals surface area (Å²) in [5.74, 6) is 2.95. The monoisotopic (exact) mass is 266 g/mol. The molecule has 2 heterocycles. The number of aromatic nitrogens is 4. The van der Waals surface area contributed by atoms with Gasteiger partial charge in [-0.2, -0.15) is 0 Å². The van der Waals surface area contributed by atoms with Crippen molar-refractivity contribution in [2.75, 3.05) is 12.0 Å². The number of H-pyrrole nitrogens is 1. The van der Waals surface area contributed by atoms with Crippen molar-refractivity contribution < 1.29 is 0 Å². The summed E-state index contributed by atoms with van der Waals surface area (Å²) in [6.07, 6.45) is 7.07. The highest BCUT2D eigenvalue weighted by molar-refractivity contribution is 7.99. The summed E-state index contributed by atoms with van der Waals surface area (Å²) < 4.78 is 1.74. The third-order valence-electron chi connectivity index (χ3n) is 2.15. The number of fused-ring (bicyclic) bond motifs is 1. The Morgan fingerprint density at radius 2 is 2.29 bits per heavy atom. The summed E-state index contributed by atoms with van der Waals surface area (Å²) in [5, 5.41) is 1.27. The molecule has 0 aliphatic heterocycles. The van der Waals surface area contributed by atoms with E-state index in [0.29, 0.717) is 22.1 Å². The predicted octanol–water partition coefficient (Wildman–Crippen LogP) is 1.10. The molecule has 0 atom stereocenters. The number of imidazole rings is 1. The first kappa shape index (κ1) is 12.1. The van der Waals surface area contributed by atoms with Crippen LogP contribution >= 0.6 is 23.5 Å². The number of terminal acetylenes is 1. The van der Waals surface area contributed by atoms with Crippen LogP contribution in [0, 0.1) is 12.3 Å². The summed E-state index contributed by atoms with van der Waals surface area (Å²) in [6, 6.07) is 0. The second kappa shape index (κ2) is 4.85. The van der Waals surface area contributed by atoms with Gasteiger partial charge in [0, 0.05) is 7.05 Å². The number of hydrogen-bond acceptors (Lipinski definition) is 5. The zero-order chi connectivity index (χ0) is 12.4. The van der Waals surface area contributed by atoms with Crippen LogP contribution in [0.3, 0.4) is 0 Å². The van der Waals surface area contributed by atoms with Gasteiger partial charge in [-0.3, -0.25) is 9.78 Å². The Morgan fingerprint density at radius 3 is 2.94 bits per heavy atom. The average molecular weight is 266 g/mol. The first-order valence-electron chi connectivity index (χ1n) is 4.74. The summed E-state index contributed by atoms with van der Waals surface area (Å²) in [5.41, 5.74) is 0.754. The molecule has 0 fully saturated rings. The quantitative estimate of drug-likeness (QED) is 0.512. The van der Waals surface area contributed by atoms with Crippen molar-refractivity contribution in [3.05, 3.63) is 10.4 Å². The summed E-state index contributed by atoms with van der Waals surface area (Å²) in [6.45, 7) is 0. The van der Waals surface area contributed by atoms with Crippen molar-refractivity contribution in [2.45, 2.75) is 10.3 Å². The molecular weight excluding hydrogens is 256 g/mol. The highest BCUT2D eigenvalue weighted by atomic mass is 32.2. The van der Waals surface area contributed by atoms with E-state index >= 15 is 0 Å². The van der Waals surface area contributed by atoms with E-state index in [2.05, 4.69) is 20.9 Å². The maximum absolute atomic E-state index is 11.9. The molecule has 88 valence electrons. The number of nitrogens with zero attached hydrogens (tertiary/aromatic N) is 3. The lowest BCUT2D eigenvalue weighted by Gasteiger charge is -1.98. The maximum atomic E-state index is 11.9. The minimum atomic E-state index is -0.190. The van der Waals surface area contributed by atoms with Crippen molar-refractivity contribution >= 4 is 34.7 Å². The second-order valence-corrected chi connectivity index (χ2v) is 4.93. The van der Waals surface area contributed by atoms with Crippen LogP contribution in [0.1, 0.15) is 0 Å². The summed E-state index contributed by atoms with van der Waals surface area (Å²) in [4.78, 5) is 23.1. The molecule has 0 aliphatic carbocycles. The van der Waals surface area contributed by atoms with Gasteiger partial charge in [-0.15, -0.1) is 6.42 Å². The first-order chi connectivity index (χ1) is 8.17. The molecule has 0 saturated heterocycles. The van der Waals surface area contributed by atoms with Gasteiger partial charge in [-0.05, 0) is 6.26 Å². The molecule has 0 amide bonds. The van der Waals surface area contributed by atoms with Crippen molar-refractivity contribution in [1.29, 1.82) is 0 Å². The fourth-order valence-electron chi connectivity index (χ4n) is 1.44. The third kappa shape index (κ3) is 2.18. The van der Waals surface area contributed by atoms with E-state index in [9.17, 15) is 4.79 Å². The van der Waals surface area contributed by atoms with E-state index in [4.69, 9.17) is 6.42 Å². The molecule has 17 heavy (non-hydrogen) atoms. The van der Waals surface area contributed by atoms with Gasteiger partial charge in [0.1, 0.15) is 0 Å². The fourth-order valence-corrected chi connectivity index (χ4v) is 2.52. The fraction of sp³-hybridized carbons (Fsp3) is 0.300. The Morgan fingerprint density at radius 1 is 1.53 bits per heavy atom. The molecule has 2 rings (SSSR count). The lowest BCUT2D eigenvalue weighted by atomic mass is 10.5. The van der Waals surface area contributed by atoms with E-state index in [0.717, 1.165) is 5.16 Å². The minimum Gasteiger partial charge on any atom is -0.316 e. The van der Waals surface area contributed by atoms with Crippen LogP contribution in [0.15, 0.2) is 15.1 Å². The lowest BCUT2D eigenvalue weighted by Crippen LogP contribution is -2.12. The van der Waals surface area contributed by atoms with Crippen LogP contribution in [0.25, 0.3) is 11.2 Å². The van der Waals surface area contributed by atoms with Crippen molar-refractivity contribution in [2.24, 2.45) is 7.05 Å². The molecule has 0 bridgehead atoms. The van der Waals surface area contributed by atoms with Crippen LogP contribution in [0.5, 0.6) is 0 Å². The molecule has 0 radical (unpaired) electrons. The smallest absolute Gasteiger partial charge is 0.277 e. The SMILES string of the molecule is C#CCSc1nc2nc(SC)n(C)c2c(=O)[nH]1. The van der Waals surface area contributed by atoms with Gasteiger partial charge in [0.15, 0.2) is 21.5 Å².